The van der Waals surface area contributed by atoms with E-state index in [2.05, 4.69) is 0 Å². The lowest BCUT2D eigenvalue weighted by Gasteiger charge is -2.01. The Labute approximate surface area is 62.8 Å². The smallest absolute Gasteiger partial charge is 0.258 e. The van der Waals surface area contributed by atoms with Crippen molar-refractivity contribution in [3.8, 4) is 6.07 Å². The van der Waals surface area contributed by atoms with Crippen LogP contribution in [0, 0.1) is 11.3 Å². The highest BCUT2D eigenvalue weighted by molar-refractivity contribution is 6.65. The number of nitrogens with zero attached hydrogens (tertiary/aromatic N) is 1. The normalized spacial score (nSPS) is 11.3. The summed E-state index contributed by atoms with van der Waals surface area (Å²) in [6.07, 6.45) is 0. The number of rotatable bonds is 2. The Morgan fingerprint density at radius 3 is 2.30 bits per heavy atom. The van der Waals surface area contributed by atoms with Gasteiger partial charge >= 0.3 is 0 Å². The van der Waals surface area contributed by atoms with Gasteiger partial charge in [0.2, 0.25) is 5.91 Å². The number of nitrogens with one attached hydrogen (secondary N) is 1. The summed E-state index contributed by atoms with van der Waals surface area (Å²) in [5.74, 6) is -0.458. The van der Waals surface area contributed by atoms with Crippen LogP contribution in [0.2, 0.25) is 0 Å². The molecule has 0 aromatic heterocycles. The van der Waals surface area contributed by atoms with Gasteiger partial charge in [-0.15, -0.1) is 0 Å². The van der Waals surface area contributed by atoms with Gasteiger partial charge in [-0.2, -0.15) is 5.26 Å². The van der Waals surface area contributed by atoms with Crippen molar-refractivity contribution in [2.75, 3.05) is 0 Å². The summed E-state index contributed by atoms with van der Waals surface area (Å²) in [5.41, 5.74) is 0. The van der Waals surface area contributed by atoms with Gasteiger partial charge in [-0.25, -0.2) is 0 Å². The number of nitriles is 1. The molecule has 0 aliphatic heterocycles. The van der Waals surface area contributed by atoms with Crippen LogP contribution >= 0.6 is 11.6 Å². The van der Waals surface area contributed by atoms with Crippen molar-refractivity contribution >= 4 is 22.8 Å². The number of hydrogen-bond donors (Lipinski definition) is 1. The van der Waals surface area contributed by atoms with Crippen LogP contribution in [0.3, 0.4) is 0 Å². The first-order valence-corrected chi connectivity index (χ1v) is 2.81. The van der Waals surface area contributed by atoms with Gasteiger partial charge in [-0.3, -0.25) is 9.59 Å². The lowest BCUT2D eigenvalue weighted by molar-refractivity contribution is -0.122. The van der Waals surface area contributed by atoms with Gasteiger partial charge in [0.05, 0.1) is 6.07 Å². The molecule has 4 nitrogen and oxygen atoms in total. The van der Waals surface area contributed by atoms with Crippen molar-refractivity contribution in [1.82, 2.24) is 5.32 Å². The van der Waals surface area contributed by atoms with E-state index in [0.29, 0.717) is 0 Å². The van der Waals surface area contributed by atoms with Crippen LogP contribution < -0.4 is 5.32 Å². The number of halogens is 1. The van der Waals surface area contributed by atoms with Crippen LogP contribution in [0.5, 0.6) is 0 Å². The van der Waals surface area contributed by atoms with Crippen molar-refractivity contribution in [2.45, 2.75) is 13.0 Å². The van der Waals surface area contributed by atoms with Gasteiger partial charge < -0.3 is 5.32 Å². The zero-order chi connectivity index (χ0) is 8.15. The molecular formula is C5H5ClN2O2. The Morgan fingerprint density at radius 1 is 1.70 bits per heavy atom. The van der Waals surface area contributed by atoms with Crippen LogP contribution in [0.25, 0.3) is 0 Å². The van der Waals surface area contributed by atoms with E-state index < -0.39 is 17.2 Å². The minimum absolute atomic E-state index is 0.458. The SMILES string of the molecule is CC(=O)NC(C#N)C(=O)Cl. The van der Waals surface area contributed by atoms with Gasteiger partial charge in [0.15, 0.2) is 6.04 Å². The summed E-state index contributed by atoms with van der Waals surface area (Å²) in [6, 6.07) is 0.296. The molecule has 0 radical (unpaired) electrons. The number of carbonyl (C=O) groups excluding carboxylic acids is 2. The standard InChI is InChI=1S/C5H5ClN2O2/c1-3(9)8-4(2-7)5(6)10/h4H,1H3,(H,8,9). The van der Waals surface area contributed by atoms with Crippen molar-refractivity contribution < 1.29 is 9.59 Å². The van der Waals surface area contributed by atoms with Crippen LogP contribution in [0.15, 0.2) is 0 Å². The molecule has 0 aromatic carbocycles. The van der Waals surface area contributed by atoms with E-state index >= 15 is 0 Å². The van der Waals surface area contributed by atoms with Crippen LogP contribution in [-0.4, -0.2) is 17.2 Å². The Morgan fingerprint density at radius 2 is 2.20 bits per heavy atom. The molecule has 1 unspecified atom stereocenters. The topological polar surface area (TPSA) is 70.0 Å². The fourth-order valence-electron chi connectivity index (χ4n) is 0.343. The molecule has 0 spiro atoms. The summed E-state index contributed by atoms with van der Waals surface area (Å²) in [6.45, 7) is 1.20. The first kappa shape index (κ1) is 8.92. The largest absolute Gasteiger partial charge is 0.333 e. The van der Waals surface area contributed by atoms with Crippen molar-refractivity contribution in [3.05, 3.63) is 0 Å². The molecule has 54 valence electrons. The fraction of sp³-hybridized carbons (Fsp3) is 0.400. The summed E-state index contributed by atoms with van der Waals surface area (Å²) >= 11 is 4.91. The monoisotopic (exact) mass is 160 g/mol. The minimum atomic E-state index is -1.22. The van der Waals surface area contributed by atoms with E-state index in [-0.39, 0.29) is 0 Å². The maximum atomic E-state index is 10.2. The highest BCUT2D eigenvalue weighted by Gasteiger charge is 2.14. The quantitative estimate of drug-likeness (QED) is 0.568. The Hall–Kier alpha value is -1.08. The third-order valence-electron chi connectivity index (χ3n) is 0.704. The summed E-state index contributed by atoms with van der Waals surface area (Å²) in [4.78, 5) is 20.5. The molecular weight excluding hydrogens is 156 g/mol. The molecule has 1 amide bonds. The highest BCUT2D eigenvalue weighted by Crippen LogP contribution is 1.88. The van der Waals surface area contributed by atoms with Gasteiger partial charge in [0.25, 0.3) is 5.24 Å². The van der Waals surface area contributed by atoms with Gasteiger partial charge in [-0.1, -0.05) is 0 Å². The minimum Gasteiger partial charge on any atom is -0.333 e. The summed E-state index contributed by atoms with van der Waals surface area (Å²) in [7, 11) is 0. The molecule has 0 aliphatic rings. The molecule has 0 aromatic rings. The second-order valence-electron chi connectivity index (χ2n) is 1.57. The average Bonchev–Trinajstić information content (AvgIpc) is 1.81. The maximum Gasteiger partial charge on any atom is 0.258 e. The Bertz CT molecular complexity index is 196. The van der Waals surface area contributed by atoms with Gasteiger partial charge in [0, 0.05) is 6.92 Å². The molecule has 0 rings (SSSR count). The number of hydrogen-bond acceptors (Lipinski definition) is 3. The lowest BCUT2D eigenvalue weighted by atomic mass is 10.3. The molecule has 1 atom stereocenters. The highest BCUT2D eigenvalue weighted by atomic mass is 35.5. The maximum absolute atomic E-state index is 10.2. The molecule has 1 N–H and O–H groups in total. The molecule has 5 heteroatoms. The van der Waals surface area contributed by atoms with E-state index in [4.69, 9.17) is 16.9 Å². The van der Waals surface area contributed by atoms with Crippen LogP contribution in [-0.2, 0) is 9.59 Å². The van der Waals surface area contributed by atoms with E-state index in [1.165, 1.54) is 13.0 Å². The van der Waals surface area contributed by atoms with E-state index in [9.17, 15) is 9.59 Å². The zero-order valence-electron chi connectivity index (χ0n) is 5.22. The number of carbonyl (C=O) groups is 2. The van der Waals surface area contributed by atoms with E-state index in [1.807, 2.05) is 5.32 Å². The van der Waals surface area contributed by atoms with Crippen LogP contribution in [0.1, 0.15) is 6.92 Å². The molecule has 0 saturated carbocycles. The van der Waals surface area contributed by atoms with Crippen LogP contribution in [0.4, 0.5) is 0 Å². The van der Waals surface area contributed by atoms with Crippen molar-refractivity contribution in [1.29, 1.82) is 5.26 Å². The van der Waals surface area contributed by atoms with E-state index in [1.54, 1.807) is 0 Å². The molecule has 10 heavy (non-hydrogen) atoms. The Balaban J connectivity index is 4.00. The predicted octanol–water partition coefficient (Wildman–Crippen LogP) is -0.220. The van der Waals surface area contributed by atoms with Gasteiger partial charge in [0.1, 0.15) is 0 Å². The van der Waals surface area contributed by atoms with Crippen molar-refractivity contribution in [3.63, 3.8) is 0 Å². The molecule has 0 saturated heterocycles. The second-order valence-corrected chi connectivity index (χ2v) is 1.94. The molecule has 0 fully saturated rings. The fourth-order valence-corrected chi connectivity index (χ4v) is 0.446. The zero-order valence-corrected chi connectivity index (χ0v) is 5.97. The van der Waals surface area contributed by atoms with E-state index in [0.717, 1.165) is 0 Å². The third kappa shape index (κ3) is 3.05. The Kier molecular flexibility index (Phi) is 3.44. The summed E-state index contributed by atoms with van der Waals surface area (Å²) < 4.78 is 0. The predicted molar refractivity (Wildman–Crippen MR) is 34.1 cm³/mol. The molecule has 0 aliphatic carbocycles. The second kappa shape index (κ2) is 3.85. The summed E-state index contributed by atoms with van der Waals surface area (Å²) in [5, 5.41) is 9.35. The van der Waals surface area contributed by atoms with Crippen molar-refractivity contribution in [2.24, 2.45) is 0 Å². The average molecular weight is 161 g/mol. The molecule has 0 heterocycles. The van der Waals surface area contributed by atoms with Gasteiger partial charge in [-0.05, 0) is 11.6 Å². The first-order chi connectivity index (χ1) is 4.57. The third-order valence-corrected chi connectivity index (χ3v) is 0.922. The lowest BCUT2D eigenvalue weighted by Crippen LogP contribution is -2.36. The number of amides is 1. The first-order valence-electron chi connectivity index (χ1n) is 2.44. The molecule has 0 bridgehead atoms.